The van der Waals surface area contributed by atoms with Gasteiger partial charge in [0.05, 0.1) is 0 Å². The van der Waals surface area contributed by atoms with Crippen molar-refractivity contribution in [3.8, 4) is 0 Å². The summed E-state index contributed by atoms with van der Waals surface area (Å²) in [5.74, 6) is 0.205. The third-order valence-corrected chi connectivity index (χ3v) is 3.65. The second-order valence-electron chi connectivity index (χ2n) is 5.54. The number of carbonyl (C=O) groups is 1. The molecule has 1 rings (SSSR count). The van der Waals surface area contributed by atoms with Crippen LogP contribution in [0.2, 0.25) is 0 Å². The number of hydrogen-bond acceptors (Lipinski definition) is 3. The van der Waals surface area contributed by atoms with E-state index in [1.807, 2.05) is 0 Å². The highest BCUT2D eigenvalue weighted by molar-refractivity contribution is 5.85. The van der Waals surface area contributed by atoms with Crippen LogP contribution in [0, 0.1) is 0 Å². The first kappa shape index (κ1) is 23.2. The molecule has 0 bridgehead atoms. The van der Waals surface area contributed by atoms with E-state index in [4.69, 9.17) is 0 Å². The molecule has 21 heavy (non-hydrogen) atoms. The Hall–Kier alpha value is -0.0300. The van der Waals surface area contributed by atoms with Gasteiger partial charge in [-0.3, -0.25) is 4.79 Å². The van der Waals surface area contributed by atoms with Crippen molar-refractivity contribution in [3.63, 3.8) is 0 Å². The van der Waals surface area contributed by atoms with Crippen LogP contribution in [0.5, 0.6) is 0 Å². The van der Waals surface area contributed by atoms with E-state index >= 15 is 0 Å². The highest BCUT2D eigenvalue weighted by Gasteiger charge is 2.17. The van der Waals surface area contributed by atoms with Crippen LogP contribution >= 0.6 is 24.8 Å². The van der Waals surface area contributed by atoms with Crippen molar-refractivity contribution in [1.82, 2.24) is 15.5 Å². The number of carbonyl (C=O) groups excluding carboxylic acids is 1. The van der Waals surface area contributed by atoms with Crippen LogP contribution in [0.15, 0.2) is 0 Å². The maximum absolute atomic E-state index is 11.7. The van der Waals surface area contributed by atoms with Gasteiger partial charge in [0.15, 0.2) is 0 Å². The molecule has 1 atom stereocenters. The zero-order valence-electron chi connectivity index (χ0n) is 13.5. The van der Waals surface area contributed by atoms with Crippen LogP contribution in [0.3, 0.4) is 0 Å². The van der Waals surface area contributed by atoms with Gasteiger partial charge in [0.25, 0.3) is 0 Å². The maximum Gasteiger partial charge on any atom is 0.221 e. The van der Waals surface area contributed by atoms with E-state index in [1.54, 1.807) is 0 Å². The SMILES string of the molecule is CCCN(CCC)CCCNC(=O)CC1CCCN1.Cl.Cl. The topological polar surface area (TPSA) is 44.4 Å². The molecule has 0 saturated carbocycles. The largest absolute Gasteiger partial charge is 0.356 e. The second-order valence-corrected chi connectivity index (χ2v) is 5.54. The van der Waals surface area contributed by atoms with E-state index in [9.17, 15) is 4.79 Å². The Bertz CT molecular complexity index is 243. The van der Waals surface area contributed by atoms with Crippen molar-refractivity contribution >= 4 is 30.7 Å². The Kier molecular flexibility index (Phi) is 16.5. The Labute approximate surface area is 142 Å². The summed E-state index contributed by atoms with van der Waals surface area (Å²) in [7, 11) is 0. The van der Waals surface area contributed by atoms with Crippen LogP contribution < -0.4 is 10.6 Å². The lowest BCUT2D eigenvalue weighted by Gasteiger charge is -2.20. The molecular formula is C15H33Cl2N3O. The average molecular weight is 342 g/mol. The smallest absolute Gasteiger partial charge is 0.221 e. The fourth-order valence-electron chi connectivity index (χ4n) is 2.73. The first-order chi connectivity index (χ1) is 9.26. The Morgan fingerprint density at radius 2 is 1.86 bits per heavy atom. The molecule has 1 saturated heterocycles. The molecule has 0 radical (unpaired) electrons. The lowest BCUT2D eigenvalue weighted by molar-refractivity contribution is -0.121. The van der Waals surface area contributed by atoms with Crippen molar-refractivity contribution in [2.45, 2.75) is 58.4 Å². The number of nitrogens with one attached hydrogen (secondary N) is 2. The summed E-state index contributed by atoms with van der Waals surface area (Å²) in [6.07, 6.45) is 6.48. The fraction of sp³-hybridized carbons (Fsp3) is 0.933. The van der Waals surface area contributed by atoms with E-state index in [2.05, 4.69) is 29.4 Å². The number of amides is 1. The van der Waals surface area contributed by atoms with E-state index in [0.717, 1.165) is 32.5 Å². The summed E-state index contributed by atoms with van der Waals surface area (Å²) in [6.45, 7) is 9.78. The van der Waals surface area contributed by atoms with Gasteiger partial charge < -0.3 is 15.5 Å². The van der Waals surface area contributed by atoms with Crippen molar-refractivity contribution in [1.29, 1.82) is 0 Å². The van der Waals surface area contributed by atoms with Crippen LogP contribution in [0.4, 0.5) is 0 Å². The quantitative estimate of drug-likeness (QED) is 0.600. The van der Waals surface area contributed by atoms with Crippen molar-refractivity contribution in [2.75, 3.05) is 32.7 Å². The first-order valence-electron chi connectivity index (χ1n) is 7.98. The van der Waals surface area contributed by atoms with Gasteiger partial charge in [-0.2, -0.15) is 0 Å². The predicted molar refractivity (Wildman–Crippen MR) is 94.8 cm³/mol. The molecular weight excluding hydrogens is 309 g/mol. The first-order valence-corrected chi connectivity index (χ1v) is 7.98. The molecule has 4 nitrogen and oxygen atoms in total. The minimum atomic E-state index is 0. The molecule has 2 N–H and O–H groups in total. The normalized spacial score (nSPS) is 17.2. The maximum atomic E-state index is 11.7. The van der Waals surface area contributed by atoms with Crippen molar-refractivity contribution < 1.29 is 4.79 Å². The minimum absolute atomic E-state index is 0. The molecule has 0 aromatic carbocycles. The molecule has 1 heterocycles. The highest BCUT2D eigenvalue weighted by Crippen LogP contribution is 2.08. The van der Waals surface area contributed by atoms with Crippen LogP contribution in [-0.2, 0) is 4.79 Å². The van der Waals surface area contributed by atoms with E-state index < -0.39 is 0 Å². The zero-order chi connectivity index (χ0) is 13.9. The van der Waals surface area contributed by atoms with E-state index in [-0.39, 0.29) is 30.7 Å². The standard InChI is InChI=1S/C15H31N3O.2ClH/c1-3-10-18(11-4-2)12-6-9-17-15(19)13-14-7-5-8-16-14;;/h14,16H,3-13H2,1-2H3,(H,17,19);2*1H. The summed E-state index contributed by atoms with van der Waals surface area (Å²) < 4.78 is 0. The average Bonchev–Trinajstić information content (AvgIpc) is 2.88. The summed E-state index contributed by atoms with van der Waals surface area (Å²) in [4.78, 5) is 14.2. The molecule has 6 heteroatoms. The molecule has 0 spiro atoms. The summed E-state index contributed by atoms with van der Waals surface area (Å²) in [6, 6.07) is 0.414. The predicted octanol–water partition coefficient (Wildman–Crippen LogP) is 2.60. The summed E-state index contributed by atoms with van der Waals surface area (Å²) >= 11 is 0. The van der Waals surface area contributed by atoms with Gasteiger partial charge in [-0.25, -0.2) is 0 Å². The van der Waals surface area contributed by atoms with Gasteiger partial charge in [0.2, 0.25) is 5.91 Å². The van der Waals surface area contributed by atoms with Crippen molar-refractivity contribution in [3.05, 3.63) is 0 Å². The Balaban J connectivity index is 0. The zero-order valence-corrected chi connectivity index (χ0v) is 15.2. The molecule has 0 aliphatic carbocycles. The minimum Gasteiger partial charge on any atom is -0.356 e. The second kappa shape index (κ2) is 14.9. The molecule has 1 unspecified atom stereocenters. The monoisotopic (exact) mass is 341 g/mol. The van der Waals surface area contributed by atoms with Gasteiger partial charge in [-0.15, -0.1) is 24.8 Å². The summed E-state index contributed by atoms with van der Waals surface area (Å²) in [5, 5.41) is 6.40. The molecule has 1 aliphatic heterocycles. The van der Waals surface area contributed by atoms with Gasteiger partial charge in [0, 0.05) is 19.0 Å². The Morgan fingerprint density at radius 1 is 1.19 bits per heavy atom. The van der Waals surface area contributed by atoms with Gasteiger partial charge >= 0.3 is 0 Å². The number of halogens is 2. The lowest BCUT2D eigenvalue weighted by Crippen LogP contribution is -2.34. The van der Waals surface area contributed by atoms with Crippen LogP contribution in [0.25, 0.3) is 0 Å². The van der Waals surface area contributed by atoms with Crippen LogP contribution in [0.1, 0.15) is 52.4 Å². The van der Waals surface area contributed by atoms with Crippen LogP contribution in [-0.4, -0.2) is 49.6 Å². The molecule has 1 amide bonds. The lowest BCUT2D eigenvalue weighted by atomic mass is 10.1. The van der Waals surface area contributed by atoms with E-state index in [1.165, 1.54) is 32.4 Å². The Morgan fingerprint density at radius 3 is 2.38 bits per heavy atom. The van der Waals surface area contributed by atoms with E-state index in [0.29, 0.717) is 12.5 Å². The van der Waals surface area contributed by atoms with Crippen molar-refractivity contribution in [2.24, 2.45) is 0 Å². The molecule has 0 aromatic rings. The van der Waals surface area contributed by atoms with Gasteiger partial charge in [-0.1, -0.05) is 13.8 Å². The molecule has 128 valence electrons. The number of nitrogens with zero attached hydrogens (tertiary/aromatic N) is 1. The fourth-order valence-corrected chi connectivity index (χ4v) is 2.73. The molecule has 1 fully saturated rings. The van der Waals surface area contributed by atoms with Gasteiger partial charge in [0.1, 0.15) is 0 Å². The molecule has 0 aromatic heterocycles. The number of hydrogen-bond donors (Lipinski definition) is 2. The third kappa shape index (κ3) is 11.2. The van der Waals surface area contributed by atoms with Gasteiger partial charge in [-0.05, 0) is 58.3 Å². The summed E-state index contributed by atoms with van der Waals surface area (Å²) in [5.41, 5.74) is 0. The number of rotatable bonds is 10. The molecule has 1 aliphatic rings. The third-order valence-electron chi connectivity index (χ3n) is 3.65. The highest BCUT2D eigenvalue weighted by atomic mass is 35.5.